The summed E-state index contributed by atoms with van der Waals surface area (Å²) in [7, 11) is 0. The Hall–Kier alpha value is -1.03. The second-order valence-electron chi connectivity index (χ2n) is 7.29. The number of rotatable bonds is 8. The molecule has 1 heterocycles. The first-order valence-electron chi connectivity index (χ1n) is 9.96. The van der Waals surface area contributed by atoms with E-state index >= 15 is 0 Å². The molecule has 0 spiro atoms. The molecule has 6 nitrogen and oxygen atoms in total. The molecule has 3 rings (SSSR count). The van der Waals surface area contributed by atoms with Gasteiger partial charge >= 0.3 is 0 Å². The Morgan fingerprint density at radius 2 is 1.86 bits per heavy atom. The third-order valence-corrected chi connectivity index (χ3v) is 5.52. The van der Waals surface area contributed by atoms with Crippen LogP contribution in [-0.4, -0.2) is 51.1 Å². The van der Waals surface area contributed by atoms with Crippen LogP contribution in [0.1, 0.15) is 26.2 Å². The summed E-state index contributed by atoms with van der Waals surface area (Å²) in [5, 5.41) is 9.57. The zero-order chi connectivity index (χ0) is 19.1. The van der Waals surface area contributed by atoms with E-state index in [2.05, 4.69) is 68.0 Å². The molecule has 0 aromatic heterocycles. The van der Waals surface area contributed by atoms with E-state index in [0.29, 0.717) is 19.0 Å². The third kappa shape index (κ3) is 7.42. The Labute approximate surface area is 193 Å². The van der Waals surface area contributed by atoms with Gasteiger partial charge in [0.25, 0.3) is 0 Å². The molecule has 1 saturated carbocycles. The molecule has 1 saturated heterocycles. The number of nitrogens with one attached hydrogen (secondary N) is 3. The molecule has 0 radical (unpaired) electrons. The number of nitrogens with zero attached hydrogens (tertiary/aromatic N) is 2. The van der Waals surface area contributed by atoms with E-state index in [9.17, 15) is 4.79 Å². The summed E-state index contributed by atoms with van der Waals surface area (Å²) in [6.45, 7) is 7.17. The smallest absolute Gasteiger partial charge is 0.223 e. The van der Waals surface area contributed by atoms with Gasteiger partial charge in [0.2, 0.25) is 5.91 Å². The first-order chi connectivity index (χ1) is 13.2. The van der Waals surface area contributed by atoms with Gasteiger partial charge in [0.05, 0.1) is 0 Å². The number of halogens is 2. The van der Waals surface area contributed by atoms with Gasteiger partial charge < -0.3 is 20.9 Å². The molecule has 1 amide bonds. The van der Waals surface area contributed by atoms with Crippen molar-refractivity contribution in [2.24, 2.45) is 16.8 Å². The van der Waals surface area contributed by atoms with Crippen molar-refractivity contribution in [3.05, 3.63) is 28.7 Å². The number of amides is 1. The second-order valence-corrected chi connectivity index (χ2v) is 8.20. The number of carbonyl (C=O) groups is 1. The highest BCUT2D eigenvalue weighted by atomic mass is 127. The predicted molar refractivity (Wildman–Crippen MR) is 130 cm³/mol. The van der Waals surface area contributed by atoms with E-state index in [1.54, 1.807) is 0 Å². The maximum Gasteiger partial charge on any atom is 0.223 e. The van der Waals surface area contributed by atoms with Crippen molar-refractivity contribution in [3.63, 3.8) is 0 Å². The molecule has 1 atom stereocenters. The molecule has 1 aromatic carbocycles. The number of aliphatic imine (C=N–C) groups is 1. The summed E-state index contributed by atoms with van der Waals surface area (Å²) in [4.78, 5) is 18.8. The van der Waals surface area contributed by atoms with E-state index < -0.39 is 0 Å². The standard InChI is InChI=1S/C20H30BrN5O.HI/c1-2-22-20(24-11-10-23-19(27)16-3-4-16)25-13-15-9-12-26(14-15)18-7-5-17(21)6-8-18;/h5-8,15-16H,2-4,9-14H2,1H3,(H,23,27)(H2,22,24,25);1H. The van der Waals surface area contributed by atoms with E-state index in [-0.39, 0.29) is 35.8 Å². The fourth-order valence-corrected chi connectivity index (χ4v) is 3.55. The van der Waals surface area contributed by atoms with Crippen LogP contribution in [0, 0.1) is 11.8 Å². The van der Waals surface area contributed by atoms with Gasteiger partial charge in [-0.25, -0.2) is 0 Å². The normalized spacial score (nSPS) is 19.1. The SMILES string of the molecule is CCNC(=NCC1CCN(c2ccc(Br)cc2)C1)NCCNC(=O)C1CC1.I. The van der Waals surface area contributed by atoms with Crippen molar-refractivity contribution in [1.29, 1.82) is 0 Å². The van der Waals surface area contributed by atoms with E-state index in [0.717, 1.165) is 55.9 Å². The summed E-state index contributed by atoms with van der Waals surface area (Å²) in [6.07, 6.45) is 3.25. The Bertz CT molecular complexity index is 651. The van der Waals surface area contributed by atoms with Gasteiger partial charge in [-0.2, -0.15) is 0 Å². The lowest BCUT2D eigenvalue weighted by Crippen LogP contribution is -2.42. The fraction of sp³-hybridized carbons (Fsp3) is 0.600. The molecule has 156 valence electrons. The fourth-order valence-electron chi connectivity index (χ4n) is 3.29. The zero-order valence-electron chi connectivity index (χ0n) is 16.4. The molecule has 1 aliphatic carbocycles. The van der Waals surface area contributed by atoms with Crippen LogP contribution >= 0.6 is 39.9 Å². The van der Waals surface area contributed by atoms with E-state index in [4.69, 9.17) is 4.99 Å². The Morgan fingerprint density at radius 3 is 2.54 bits per heavy atom. The lowest BCUT2D eigenvalue weighted by Gasteiger charge is -2.18. The van der Waals surface area contributed by atoms with Crippen LogP contribution < -0.4 is 20.9 Å². The zero-order valence-corrected chi connectivity index (χ0v) is 20.3. The minimum atomic E-state index is 0. The van der Waals surface area contributed by atoms with Crippen molar-refractivity contribution in [1.82, 2.24) is 16.0 Å². The van der Waals surface area contributed by atoms with Crippen LogP contribution in [0.5, 0.6) is 0 Å². The highest BCUT2D eigenvalue weighted by Crippen LogP contribution is 2.28. The second kappa shape index (κ2) is 11.8. The molecule has 8 heteroatoms. The van der Waals surface area contributed by atoms with E-state index in [1.807, 2.05) is 0 Å². The summed E-state index contributed by atoms with van der Waals surface area (Å²) >= 11 is 3.49. The van der Waals surface area contributed by atoms with Crippen molar-refractivity contribution in [2.75, 3.05) is 44.2 Å². The van der Waals surface area contributed by atoms with Crippen LogP contribution in [0.15, 0.2) is 33.7 Å². The van der Waals surface area contributed by atoms with Crippen molar-refractivity contribution in [3.8, 4) is 0 Å². The minimum Gasteiger partial charge on any atom is -0.371 e. The highest BCUT2D eigenvalue weighted by Gasteiger charge is 2.29. The van der Waals surface area contributed by atoms with Gasteiger partial charge in [0, 0.05) is 55.3 Å². The summed E-state index contributed by atoms with van der Waals surface area (Å²) in [5.74, 6) is 1.86. The molecule has 2 aliphatic rings. The number of hydrogen-bond acceptors (Lipinski definition) is 3. The van der Waals surface area contributed by atoms with Crippen LogP contribution in [-0.2, 0) is 4.79 Å². The van der Waals surface area contributed by atoms with Crippen molar-refractivity contribution >= 4 is 57.5 Å². The topological polar surface area (TPSA) is 68.8 Å². The average molecular weight is 564 g/mol. The first kappa shape index (κ1) is 23.3. The van der Waals surface area contributed by atoms with Crippen molar-refractivity contribution < 1.29 is 4.79 Å². The Morgan fingerprint density at radius 1 is 1.14 bits per heavy atom. The molecular formula is C20H31BrIN5O. The summed E-state index contributed by atoms with van der Waals surface area (Å²) in [5.41, 5.74) is 1.28. The lowest BCUT2D eigenvalue weighted by atomic mass is 10.1. The van der Waals surface area contributed by atoms with Gasteiger partial charge in [-0.1, -0.05) is 15.9 Å². The summed E-state index contributed by atoms with van der Waals surface area (Å²) in [6, 6.07) is 8.51. The Kier molecular flexibility index (Phi) is 9.84. The Balaban J connectivity index is 0.00000280. The van der Waals surface area contributed by atoms with Crippen LogP contribution in [0.4, 0.5) is 5.69 Å². The van der Waals surface area contributed by atoms with Crippen LogP contribution in [0.25, 0.3) is 0 Å². The lowest BCUT2D eigenvalue weighted by molar-refractivity contribution is -0.122. The molecule has 1 unspecified atom stereocenters. The van der Waals surface area contributed by atoms with Crippen molar-refractivity contribution in [2.45, 2.75) is 26.2 Å². The number of guanidine groups is 1. The maximum atomic E-state index is 11.6. The predicted octanol–water partition coefficient (Wildman–Crippen LogP) is 2.97. The number of benzene rings is 1. The molecule has 28 heavy (non-hydrogen) atoms. The van der Waals surface area contributed by atoms with Gasteiger partial charge in [-0.15, -0.1) is 24.0 Å². The maximum absolute atomic E-state index is 11.6. The summed E-state index contributed by atoms with van der Waals surface area (Å²) < 4.78 is 1.11. The molecule has 1 aromatic rings. The number of carbonyl (C=O) groups excluding carboxylic acids is 1. The largest absolute Gasteiger partial charge is 0.371 e. The van der Waals surface area contributed by atoms with Gasteiger partial charge in [-0.05, 0) is 56.4 Å². The minimum absolute atomic E-state index is 0. The van der Waals surface area contributed by atoms with E-state index in [1.165, 1.54) is 5.69 Å². The molecule has 3 N–H and O–H groups in total. The highest BCUT2D eigenvalue weighted by molar-refractivity contribution is 14.0. The third-order valence-electron chi connectivity index (χ3n) is 4.99. The van der Waals surface area contributed by atoms with Gasteiger partial charge in [0.1, 0.15) is 0 Å². The molecular weight excluding hydrogens is 533 g/mol. The van der Waals surface area contributed by atoms with Crippen LogP contribution in [0.2, 0.25) is 0 Å². The van der Waals surface area contributed by atoms with Gasteiger partial charge in [0.15, 0.2) is 5.96 Å². The first-order valence-corrected chi connectivity index (χ1v) is 10.8. The average Bonchev–Trinajstić information content (AvgIpc) is 3.42. The quantitative estimate of drug-likeness (QED) is 0.197. The molecule has 1 aliphatic heterocycles. The van der Waals surface area contributed by atoms with Gasteiger partial charge in [-0.3, -0.25) is 9.79 Å². The molecule has 2 fully saturated rings. The molecule has 0 bridgehead atoms. The number of hydrogen-bond donors (Lipinski definition) is 3. The monoisotopic (exact) mass is 563 g/mol. The van der Waals surface area contributed by atoms with Crippen LogP contribution in [0.3, 0.4) is 0 Å². The number of anilines is 1.